The van der Waals surface area contributed by atoms with Crippen molar-refractivity contribution in [3.63, 3.8) is 0 Å². The molecule has 1 aliphatic heterocycles. The van der Waals surface area contributed by atoms with Gasteiger partial charge in [0.25, 0.3) is 0 Å². The van der Waals surface area contributed by atoms with Crippen molar-refractivity contribution in [2.75, 3.05) is 0 Å². The van der Waals surface area contributed by atoms with E-state index in [0.717, 1.165) is 25.2 Å². The highest BCUT2D eigenvalue weighted by atomic mass is 15.3. The Bertz CT molecular complexity index is 394. The standard InChI is InChI=1S/C12H15N3/c1-2-3-8-14-15-12-11-7-5-4-6-10(11)9-13-12/h4-8H,2-3,9H2,1H3,(H,13,15). The second kappa shape index (κ2) is 4.73. The number of rotatable bonds is 3. The van der Waals surface area contributed by atoms with Crippen LogP contribution in [-0.4, -0.2) is 12.1 Å². The summed E-state index contributed by atoms with van der Waals surface area (Å²) in [4.78, 5) is 4.39. The molecule has 0 aliphatic carbocycles. The smallest absolute Gasteiger partial charge is 0.149 e. The van der Waals surface area contributed by atoms with Crippen LogP contribution >= 0.6 is 0 Å². The maximum absolute atomic E-state index is 4.39. The number of nitrogens with one attached hydrogen (secondary N) is 1. The van der Waals surface area contributed by atoms with E-state index in [1.54, 1.807) is 0 Å². The van der Waals surface area contributed by atoms with E-state index in [0.29, 0.717) is 0 Å². The van der Waals surface area contributed by atoms with E-state index in [9.17, 15) is 0 Å². The summed E-state index contributed by atoms with van der Waals surface area (Å²) in [5.41, 5.74) is 5.43. The molecule has 2 rings (SSSR count). The quantitative estimate of drug-likeness (QED) is 0.591. The summed E-state index contributed by atoms with van der Waals surface area (Å²) in [6.07, 6.45) is 4.01. The van der Waals surface area contributed by atoms with Crippen molar-refractivity contribution >= 4 is 12.1 Å². The van der Waals surface area contributed by atoms with Crippen LogP contribution in [-0.2, 0) is 6.54 Å². The largest absolute Gasteiger partial charge is 0.262 e. The van der Waals surface area contributed by atoms with Crippen molar-refractivity contribution in [2.24, 2.45) is 10.1 Å². The molecule has 78 valence electrons. The fourth-order valence-corrected chi connectivity index (χ4v) is 1.53. The van der Waals surface area contributed by atoms with Gasteiger partial charge in [0, 0.05) is 11.8 Å². The first-order chi connectivity index (χ1) is 7.42. The zero-order valence-electron chi connectivity index (χ0n) is 8.90. The number of amidine groups is 1. The average Bonchev–Trinajstić information content (AvgIpc) is 2.68. The molecule has 0 unspecified atom stereocenters. The number of hydrazone groups is 1. The van der Waals surface area contributed by atoms with Gasteiger partial charge in [-0.05, 0) is 12.0 Å². The van der Waals surface area contributed by atoms with E-state index in [4.69, 9.17) is 0 Å². The van der Waals surface area contributed by atoms with Gasteiger partial charge in [-0.2, -0.15) is 5.10 Å². The molecule has 0 atom stereocenters. The van der Waals surface area contributed by atoms with Crippen LogP contribution < -0.4 is 5.43 Å². The van der Waals surface area contributed by atoms with Crippen molar-refractivity contribution in [1.29, 1.82) is 0 Å². The van der Waals surface area contributed by atoms with Gasteiger partial charge in [0.05, 0.1) is 6.54 Å². The van der Waals surface area contributed by atoms with E-state index in [1.807, 2.05) is 18.3 Å². The lowest BCUT2D eigenvalue weighted by Gasteiger charge is -2.01. The molecule has 0 amide bonds. The van der Waals surface area contributed by atoms with E-state index < -0.39 is 0 Å². The van der Waals surface area contributed by atoms with E-state index in [2.05, 4.69) is 34.6 Å². The van der Waals surface area contributed by atoms with Gasteiger partial charge >= 0.3 is 0 Å². The first-order valence-corrected chi connectivity index (χ1v) is 5.32. The molecular formula is C12H15N3. The predicted molar refractivity (Wildman–Crippen MR) is 63.2 cm³/mol. The van der Waals surface area contributed by atoms with Gasteiger partial charge in [0.2, 0.25) is 0 Å². The van der Waals surface area contributed by atoms with Gasteiger partial charge < -0.3 is 0 Å². The minimum absolute atomic E-state index is 0.766. The van der Waals surface area contributed by atoms with Gasteiger partial charge in [-0.25, -0.2) is 0 Å². The first-order valence-electron chi connectivity index (χ1n) is 5.32. The third-order valence-corrected chi connectivity index (χ3v) is 2.36. The fourth-order valence-electron chi connectivity index (χ4n) is 1.53. The Morgan fingerprint density at radius 2 is 2.33 bits per heavy atom. The van der Waals surface area contributed by atoms with Gasteiger partial charge in [0.1, 0.15) is 5.84 Å². The molecule has 0 aromatic heterocycles. The van der Waals surface area contributed by atoms with Crippen molar-refractivity contribution < 1.29 is 0 Å². The molecule has 0 spiro atoms. The summed E-state index contributed by atoms with van der Waals surface area (Å²) in [5, 5.41) is 4.14. The normalized spacial score (nSPS) is 14.1. The summed E-state index contributed by atoms with van der Waals surface area (Å²) in [6.45, 7) is 2.90. The SMILES string of the molecule is CCCC=NNC1=NCc2ccccc21. The molecule has 1 heterocycles. The Morgan fingerprint density at radius 3 is 3.20 bits per heavy atom. The molecule has 0 saturated carbocycles. The lowest BCUT2D eigenvalue weighted by molar-refractivity contribution is 0.965. The molecule has 15 heavy (non-hydrogen) atoms. The third kappa shape index (κ3) is 2.24. The summed E-state index contributed by atoms with van der Waals surface area (Å²) >= 11 is 0. The zero-order chi connectivity index (χ0) is 10.5. The molecule has 0 fully saturated rings. The van der Waals surface area contributed by atoms with E-state index in [-0.39, 0.29) is 0 Å². The van der Waals surface area contributed by atoms with Crippen LogP contribution in [0.3, 0.4) is 0 Å². The van der Waals surface area contributed by atoms with Crippen LogP contribution in [0.25, 0.3) is 0 Å². The van der Waals surface area contributed by atoms with Crippen molar-refractivity contribution in [1.82, 2.24) is 5.43 Å². The minimum atomic E-state index is 0.766. The van der Waals surface area contributed by atoms with Gasteiger partial charge in [-0.1, -0.05) is 37.6 Å². The van der Waals surface area contributed by atoms with Crippen LogP contribution in [0.1, 0.15) is 30.9 Å². The second-order valence-corrected chi connectivity index (χ2v) is 3.53. The maximum atomic E-state index is 4.39. The highest BCUT2D eigenvalue weighted by molar-refractivity contribution is 6.01. The summed E-state index contributed by atoms with van der Waals surface area (Å²) in [5.74, 6) is 0.887. The van der Waals surface area contributed by atoms with Crippen LogP contribution in [0.15, 0.2) is 34.4 Å². The van der Waals surface area contributed by atoms with Gasteiger partial charge in [-0.3, -0.25) is 10.4 Å². The first kappa shape index (κ1) is 9.90. The zero-order valence-corrected chi connectivity index (χ0v) is 8.90. The summed E-state index contributed by atoms with van der Waals surface area (Å²) < 4.78 is 0. The van der Waals surface area contributed by atoms with E-state index in [1.165, 1.54) is 11.1 Å². The predicted octanol–water partition coefficient (Wildman–Crippen LogP) is 2.32. The van der Waals surface area contributed by atoms with Crippen molar-refractivity contribution in [3.8, 4) is 0 Å². The van der Waals surface area contributed by atoms with Crippen LogP contribution in [0.4, 0.5) is 0 Å². The number of benzene rings is 1. The molecule has 3 nitrogen and oxygen atoms in total. The lowest BCUT2D eigenvalue weighted by atomic mass is 10.1. The number of hydrogen-bond donors (Lipinski definition) is 1. The summed E-state index contributed by atoms with van der Waals surface area (Å²) in [6, 6.07) is 8.24. The number of fused-ring (bicyclic) bond motifs is 1. The Labute approximate surface area is 89.9 Å². The molecule has 1 aromatic carbocycles. The third-order valence-electron chi connectivity index (χ3n) is 2.36. The van der Waals surface area contributed by atoms with Crippen LogP contribution in [0.5, 0.6) is 0 Å². The second-order valence-electron chi connectivity index (χ2n) is 3.53. The molecule has 0 radical (unpaired) electrons. The lowest BCUT2D eigenvalue weighted by Crippen LogP contribution is -2.17. The van der Waals surface area contributed by atoms with E-state index >= 15 is 0 Å². The van der Waals surface area contributed by atoms with Crippen molar-refractivity contribution in [2.45, 2.75) is 26.3 Å². The number of hydrogen-bond acceptors (Lipinski definition) is 3. The van der Waals surface area contributed by atoms with Gasteiger partial charge in [0.15, 0.2) is 0 Å². The fraction of sp³-hybridized carbons (Fsp3) is 0.333. The molecule has 0 bridgehead atoms. The van der Waals surface area contributed by atoms with Crippen molar-refractivity contribution in [3.05, 3.63) is 35.4 Å². The highest BCUT2D eigenvalue weighted by Crippen LogP contribution is 2.16. The number of aliphatic imine (C=N–C) groups is 1. The maximum Gasteiger partial charge on any atom is 0.149 e. The number of nitrogens with zero attached hydrogens (tertiary/aromatic N) is 2. The van der Waals surface area contributed by atoms with Gasteiger partial charge in [-0.15, -0.1) is 0 Å². The molecule has 1 aromatic rings. The molecule has 0 saturated heterocycles. The average molecular weight is 201 g/mol. The summed E-state index contributed by atoms with van der Waals surface area (Å²) in [7, 11) is 0. The van der Waals surface area contributed by atoms with Crippen LogP contribution in [0, 0.1) is 0 Å². The highest BCUT2D eigenvalue weighted by Gasteiger charge is 2.13. The Balaban J connectivity index is 2.01. The minimum Gasteiger partial charge on any atom is -0.262 e. The monoisotopic (exact) mass is 201 g/mol. The Hall–Kier alpha value is -1.64. The molecule has 3 heteroatoms. The topological polar surface area (TPSA) is 36.8 Å². The Kier molecular flexibility index (Phi) is 3.12. The van der Waals surface area contributed by atoms with Crippen LogP contribution in [0.2, 0.25) is 0 Å². The Morgan fingerprint density at radius 1 is 1.47 bits per heavy atom. The molecular weight excluding hydrogens is 186 g/mol. The number of unbranched alkanes of at least 4 members (excludes halogenated alkanes) is 1. The molecule has 1 aliphatic rings. The molecule has 1 N–H and O–H groups in total.